The lowest BCUT2D eigenvalue weighted by molar-refractivity contribution is -0.165. The van der Waals surface area contributed by atoms with Crippen molar-refractivity contribution in [2.75, 3.05) is 0 Å². The SMILES string of the molecule is O=C(O)[C@H](O)[C@@H](O)C(=O)O.c1cncnc1. The standard InChI is InChI=1S/C4H4N2.C4H6O6/c1-2-5-4-6-3-1;5-1(3(7)8)2(6)4(9)10/h1-4H;1-2,5-6H,(H,7,8)(H,9,10)/t;1-,2-/m.1/s1. The average Bonchev–Trinajstić information content (AvgIpc) is 2.30. The highest BCUT2D eigenvalue weighted by Crippen LogP contribution is 1.92. The molecule has 1 heterocycles. The van der Waals surface area contributed by atoms with Gasteiger partial charge in [-0.25, -0.2) is 19.6 Å². The second kappa shape index (κ2) is 7.26. The number of aromatic nitrogens is 2. The van der Waals surface area contributed by atoms with Gasteiger partial charge in [-0.2, -0.15) is 0 Å². The summed E-state index contributed by atoms with van der Waals surface area (Å²) in [6, 6.07) is 1.78. The van der Waals surface area contributed by atoms with E-state index in [-0.39, 0.29) is 0 Å². The van der Waals surface area contributed by atoms with Crippen LogP contribution in [0.5, 0.6) is 0 Å². The number of nitrogens with zero attached hydrogens (tertiary/aromatic N) is 2. The molecule has 0 unspecified atom stereocenters. The van der Waals surface area contributed by atoms with E-state index < -0.39 is 24.1 Å². The van der Waals surface area contributed by atoms with Crippen molar-refractivity contribution in [3.8, 4) is 0 Å². The van der Waals surface area contributed by atoms with Crippen LogP contribution >= 0.6 is 0 Å². The first-order valence-electron chi connectivity index (χ1n) is 3.98. The Morgan fingerprint density at radius 3 is 1.44 bits per heavy atom. The molecular formula is C8H10N2O6. The molecule has 88 valence electrons. The topological polar surface area (TPSA) is 141 Å². The first kappa shape index (κ1) is 13.9. The maximum Gasteiger partial charge on any atom is 0.335 e. The summed E-state index contributed by atoms with van der Waals surface area (Å²) < 4.78 is 0. The van der Waals surface area contributed by atoms with Crippen LogP contribution in [0.25, 0.3) is 0 Å². The van der Waals surface area contributed by atoms with E-state index >= 15 is 0 Å². The predicted octanol–water partition coefficient (Wildman–Crippen LogP) is -1.65. The number of carboxylic acid groups (broad SMARTS) is 2. The number of carboxylic acids is 2. The minimum Gasteiger partial charge on any atom is -0.479 e. The zero-order chi connectivity index (χ0) is 12.6. The third-order valence-corrected chi connectivity index (χ3v) is 1.28. The van der Waals surface area contributed by atoms with E-state index in [4.69, 9.17) is 20.4 Å². The minimum atomic E-state index is -2.27. The first-order valence-corrected chi connectivity index (χ1v) is 3.98. The van der Waals surface area contributed by atoms with Gasteiger partial charge in [0.15, 0.2) is 12.2 Å². The van der Waals surface area contributed by atoms with Crippen molar-refractivity contribution >= 4 is 11.9 Å². The van der Waals surface area contributed by atoms with Crippen LogP contribution in [0, 0.1) is 0 Å². The van der Waals surface area contributed by atoms with Crippen LogP contribution < -0.4 is 0 Å². The maximum atomic E-state index is 9.77. The highest BCUT2D eigenvalue weighted by atomic mass is 16.4. The average molecular weight is 230 g/mol. The summed E-state index contributed by atoms with van der Waals surface area (Å²) in [5, 5.41) is 32.5. The highest BCUT2D eigenvalue weighted by Gasteiger charge is 2.29. The molecule has 0 saturated heterocycles. The Kier molecular flexibility index (Phi) is 6.33. The van der Waals surface area contributed by atoms with Gasteiger partial charge in [0, 0.05) is 12.4 Å². The zero-order valence-corrected chi connectivity index (χ0v) is 7.96. The number of hydrogen-bond acceptors (Lipinski definition) is 6. The van der Waals surface area contributed by atoms with Gasteiger partial charge in [-0.05, 0) is 6.07 Å². The van der Waals surface area contributed by atoms with Gasteiger partial charge in [0.25, 0.3) is 0 Å². The molecule has 0 radical (unpaired) electrons. The van der Waals surface area contributed by atoms with Gasteiger partial charge in [-0.15, -0.1) is 0 Å². The quantitative estimate of drug-likeness (QED) is 0.484. The fraction of sp³-hybridized carbons (Fsp3) is 0.250. The molecule has 0 fully saturated rings. The molecular weight excluding hydrogens is 220 g/mol. The van der Waals surface area contributed by atoms with Crippen molar-refractivity contribution in [1.82, 2.24) is 9.97 Å². The zero-order valence-electron chi connectivity index (χ0n) is 7.96. The molecule has 8 nitrogen and oxygen atoms in total. The molecule has 1 aromatic rings. The number of rotatable bonds is 3. The molecule has 0 amide bonds. The second-order valence-corrected chi connectivity index (χ2v) is 2.47. The molecule has 0 aliphatic rings. The molecule has 0 saturated carbocycles. The summed E-state index contributed by atoms with van der Waals surface area (Å²) >= 11 is 0. The van der Waals surface area contributed by atoms with Crippen LogP contribution in [0.1, 0.15) is 0 Å². The van der Waals surface area contributed by atoms with Gasteiger partial charge in [0.2, 0.25) is 0 Å². The van der Waals surface area contributed by atoms with Gasteiger partial charge < -0.3 is 20.4 Å². The Hall–Kier alpha value is -2.06. The number of aliphatic hydroxyl groups is 2. The van der Waals surface area contributed by atoms with E-state index in [1.54, 1.807) is 18.5 Å². The largest absolute Gasteiger partial charge is 0.479 e. The molecule has 1 rings (SSSR count). The van der Waals surface area contributed by atoms with E-state index in [2.05, 4.69) is 9.97 Å². The summed E-state index contributed by atoms with van der Waals surface area (Å²) in [6.45, 7) is 0. The van der Waals surface area contributed by atoms with E-state index in [1.165, 1.54) is 6.33 Å². The predicted molar refractivity (Wildman–Crippen MR) is 49.3 cm³/mol. The smallest absolute Gasteiger partial charge is 0.335 e. The van der Waals surface area contributed by atoms with Crippen molar-refractivity contribution in [1.29, 1.82) is 0 Å². The molecule has 0 bridgehead atoms. The summed E-state index contributed by atoms with van der Waals surface area (Å²) in [6.07, 6.45) is 0.343. The normalized spacial score (nSPS) is 12.9. The van der Waals surface area contributed by atoms with Crippen molar-refractivity contribution in [3.63, 3.8) is 0 Å². The monoisotopic (exact) mass is 230 g/mol. The van der Waals surface area contributed by atoms with Crippen molar-refractivity contribution in [2.45, 2.75) is 12.2 Å². The molecule has 2 atom stereocenters. The molecule has 8 heteroatoms. The Bertz CT molecular complexity index is 286. The number of hydrogen-bond donors (Lipinski definition) is 4. The molecule has 0 aliphatic heterocycles. The molecule has 16 heavy (non-hydrogen) atoms. The summed E-state index contributed by atoms with van der Waals surface area (Å²) in [4.78, 5) is 26.9. The third-order valence-electron chi connectivity index (χ3n) is 1.28. The van der Waals surface area contributed by atoms with E-state index in [0.29, 0.717) is 0 Å². The summed E-state index contributed by atoms with van der Waals surface area (Å²) in [7, 11) is 0. The van der Waals surface area contributed by atoms with Crippen LogP contribution in [0.4, 0.5) is 0 Å². The van der Waals surface area contributed by atoms with E-state index in [1.807, 2.05) is 0 Å². The molecule has 0 spiro atoms. The summed E-state index contributed by atoms with van der Waals surface area (Å²) in [5.41, 5.74) is 0. The first-order chi connectivity index (χ1) is 7.46. The van der Waals surface area contributed by atoms with E-state index in [9.17, 15) is 9.59 Å². The highest BCUT2D eigenvalue weighted by molar-refractivity contribution is 5.83. The Labute approximate surface area is 89.8 Å². The van der Waals surface area contributed by atoms with Gasteiger partial charge >= 0.3 is 11.9 Å². The Morgan fingerprint density at radius 2 is 1.31 bits per heavy atom. The van der Waals surface area contributed by atoms with Crippen LogP contribution in [0.15, 0.2) is 24.8 Å². The third kappa shape index (κ3) is 5.62. The minimum absolute atomic E-state index is 1.50. The Morgan fingerprint density at radius 1 is 0.938 bits per heavy atom. The van der Waals surface area contributed by atoms with Crippen LogP contribution in [-0.4, -0.2) is 54.5 Å². The van der Waals surface area contributed by atoms with Crippen LogP contribution in [0.2, 0.25) is 0 Å². The lowest BCUT2D eigenvalue weighted by Gasteiger charge is -2.07. The van der Waals surface area contributed by atoms with Crippen LogP contribution in [0.3, 0.4) is 0 Å². The number of carbonyl (C=O) groups is 2. The fourth-order valence-electron chi connectivity index (χ4n) is 0.523. The molecule has 1 aromatic heterocycles. The van der Waals surface area contributed by atoms with Gasteiger partial charge in [-0.3, -0.25) is 0 Å². The second-order valence-electron chi connectivity index (χ2n) is 2.47. The van der Waals surface area contributed by atoms with Crippen LogP contribution in [-0.2, 0) is 9.59 Å². The van der Waals surface area contributed by atoms with Crippen molar-refractivity contribution < 1.29 is 30.0 Å². The Balaban J connectivity index is 0.000000315. The van der Waals surface area contributed by atoms with Crippen molar-refractivity contribution in [2.24, 2.45) is 0 Å². The van der Waals surface area contributed by atoms with Gasteiger partial charge in [0.05, 0.1) is 0 Å². The van der Waals surface area contributed by atoms with E-state index in [0.717, 1.165) is 0 Å². The molecule has 0 aliphatic carbocycles. The fourth-order valence-corrected chi connectivity index (χ4v) is 0.523. The number of aliphatic hydroxyl groups excluding tert-OH is 2. The lowest BCUT2D eigenvalue weighted by atomic mass is 10.2. The van der Waals surface area contributed by atoms with Gasteiger partial charge in [0.1, 0.15) is 6.33 Å². The molecule has 4 N–H and O–H groups in total. The maximum absolute atomic E-state index is 9.77. The van der Waals surface area contributed by atoms with Crippen molar-refractivity contribution in [3.05, 3.63) is 24.8 Å². The lowest BCUT2D eigenvalue weighted by Crippen LogP contribution is -2.39. The molecule has 0 aromatic carbocycles. The summed E-state index contributed by atoms with van der Waals surface area (Å²) in [5.74, 6) is -3.54. The van der Waals surface area contributed by atoms with Gasteiger partial charge in [-0.1, -0.05) is 0 Å². The number of aliphatic carboxylic acids is 2.